The average Bonchev–Trinajstić information content (AvgIpc) is 2.47. The summed E-state index contributed by atoms with van der Waals surface area (Å²) in [5.41, 5.74) is 2.35. The summed E-state index contributed by atoms with van der Waals surface area (Å²) < 4.78 is 0. The smallest absolute Gasteiger partial charge is 0.0540 e. The monoisotopic (exact) mass is 288 g/mol. The van der Waals surface area contributed by atoms with Crippen LogP contribution < -0.4 is 0 Å². The molecule has 1 aromatic rings. The Morgan fingerprint density at radius 2 is 1.86 bits per heavy atom. The Bertz CT molecular complexity index is 460. The fourth-order valence-corrected chi connectivity index (χ4v) is 2.16. The molecule has 116 valence electrons. The molecule has 0 amide bonds. The maximum absolute atomic E-state index is 8.84. The predicted molar refractivity (Wildman–Crippen MR) is 89.1 cm³/mol. The molecule has 1 aromatic carbocycles. The fourth-order valence-electron chi connectivity index (χ4n) is 2.16. The molecule has 0 aromatic heterocycles. The zero-order valence-electron chi connectivity index (χ0n) is 13.6. The lowest BCUT2D eigenvalue weighted by Crippen LogP contribution is -2.32. The second-order valence-corrected chi connectivity index (χ2v) is 5.51. The van der Waals surface area contributed by atoms with Crippen LogP contribution in [0.3, 0.4) is 0 Å². The molecular formula is C18H28N2O. The van der Waals surface area contributed by atoms with E-state index in [2.05, 4.69) is 60.9 Å². The van der Waals surface area contributed by atoms with E-state index in [9.17, 15) is 0 Å². The van der Waals surface area contributed by atoms with Crippen LogP contribution >= 0.6 is 0 Å². The Morgan fingerprint density at radius 3 is 2.52 bits per heavy atom. The van der Waals surface area contributed by atoms with Gasteiger partial charge in [-0.1, -0.05) is 37.0 Å². The van der Waals surface area contributed by atoms with Crippen molar-refractivity contribution in [3.05, 3.63) is 35.4 Å². The van der Waals surface area contributed by atoms with E-state index in [1.54, 1.807) is 0 Å². The first-order chi connectivity index (χ1) is 10.2. The van der Waals surface area contributed by atoms with E-state index >= 15 is 0 Å². The summed E-state index contributed by atoms with van der Waals surface area (Å²) in [6.07, 6.45) is 1.69. The minimum atomic E-state index is 0.125. The number of benzene rings is 1. The topological polar surface area (TPSA) is 26.7 Å². The second kappa shape index (κ2) is 10.4. The molecule has 0 aliphatic rings. The number of aliphatic hydroxyl groups is 1. The van der Waals surface area contributed by atoms with Crippen LogP contribution in [0.25, 0.3) is 0 Å². The molecule has 0 aliphatic heterocycles. The van der Waals surface area contributed by atoms with Crippen LogP contribution in [0.4, 0.5) is 0 Å². The lowest BCUT2D eigenvalue weighted by Gasteiger charge is -2.24. The van der Waals surface area contributed by atoms with Gasteiger partial charge in [0.05, 0.1) is 6.61 Å². The Kier molecular flexibility index (Phi) is 8.77. The molecule has 3 nitrogen and oxygen atoms in total. The number of likely N-dealkylation sites (N-methyl/N-ethyl adjacent to an activating group) is 1. The van der Waals surface area contributed by atoms with Crippen LogP contribution in [0, 0.1) is 11.8 Å². The molecule has 0 unspecified atom stereocenters. The van der Waals surface area contributed by atoms with Gasteiger partial charge in [-0.25, -0.2) is 0 Å². The van der Waals surface area contributed by atoms with E-state index in [1.807, 2.05) is 6.07 Å². The summed E-state index contributed by atoms with van der Waals surface area (Å²) in [6.45, 7) is 6.52. The van der Waals surface area contributed by atoms with E-state index in [0.29, 0.717) is 6.42 Å². The zero-order valence-corrected chi connectivity index (χ0v) is 13.6. The summed E-state index contributed by atoms with van der Waals surface area (Å²) in [7, 11) is 4.22. The molecule has 1 N–H and O–H groups in total. The summed E-state index contributed by atoms with van der Waals surface area (Å²) in [5, 5.41) is 8.84. The van der Waals surface area contributed by atoms with Crippen LogP contribution in [0.5, 0.6) is 0 Å². The number of rotatable bonds is 8. The van der Waals surface area contributed by atoms with Gasteiger partial charge < -0.3 is 10.0 Å². The first-order valence-corrected chi connectivity index (χ1v) is 7.72. The van der Waals surface area contributed by atoms with Gasteiger partial charge in [0.25, 0.3) is 0 Å². The third-order valence-electron chi connectivity index (χ3n) is 3.27. The predicted octanol–water partition coefficient (Wildman–Crippen LogP) is 2.19. The molecule has 0 atom stereocenters. The zero-order chi connectivity index (χ0) is 15.5. The molecule has 1 rings (SSSR count). The van der Waals surface area contributed by atoms with Crippen molar-refractivity contribution in [2.75, 3.05) is 40.3 Å². The molecule has 0 fully saturated rings. The highest BCUT2D eigenvalue weighted by molar-refractivity contribution is 5.41. The van der Waals surface area contributed by atoms with Gasteiger partial charge in [0, 0.05) is 31.6 Å². The van der Waals surface area contributed by atoms with Crippen molar-refractivity contribution in [1.82, 2.24) is 9.80 Å². The lowest BCUT2D eigenvalue weighted by molar-refractivity contribution is 0.234. The van der Waals surface area contributed by atoms with Crippen molar-refractivity contribution >= 4 is 0 Å². The number of aliphatic hydroxyl groups excluding tert-OH is 1. The minimum Gasteiger partial charge on any atom is -0.395 e. The maximum atomic E-state index is 8.84. The lowest BCUT2D eigenvalue weighted by atomic mass is 10.1. The molecule has 0 bridgehead atoms. The Morgan fingerprint density at radius 1 is 1.10 bits per heavy atom. The maximum Gasteiger partial charge on any atom is 0.0540 e. The number of nitrogens with zero attached hydrogens (tertiary/aromatic N) is 2. The van der Waals surface area contributed by atoms with Crippen LogP contribution in [0.15, 0.2) is 24.3 Å². The number of hydrogen-bond donors (Lipinski definition) is 1. The van der Waals surface area contributed by atoms with E-state index in [4.69, 9.17) is 5.11 Å². The second-order valence-electron chi connectivity index (χ2n) is 5.51. The van der Waals surface area contributed by atoms with Crippen molar-refractivity contribution in [3.8, 4) is 11.8 Å². The molecule has 3 heteroatoms. The molecule has 0 spiro atoms. The highest BCUT2D eigenvalue weighted by Gasteiger charge is 2.08. The minimum absolute atomic E-state index is 0.125. The van der Waals surface area contributed by atoms with E-state index < -0.39 is 0 Å². The van der Waals surface area contributed by atoms with Gasteiger partial charge in [0.15, 0.2) is 0 Å². The van der Waals surface area contributed by atoms with Crippen LogP contribution in [-0.4, -0.2) is 55.2 Å². The molecule has 0 heterocycles. The number of hydrogen-bond acceptors (Lipinski definition) is 3. The summed E-state index contributed by atoms with van der Waals surface area (Å²) in [5.74, 6) is 6.20. The van der Waals surface area contributed by atoms with Crippen molar-refractivity contribution in [1.29, 1.82) is 0 Å². The molecule has 21 heavy (non-hydrogen) atoms. The van der Waals surface area contributed by atoms with Gasteiger partial charge in [-0.05, 0) is 38.7 Å². The molecule has 0 radical (unpaired) electrons. The highest BCUT2D eigenvalue weighted by Crippen LogP contribution is 2.11. The van der Waals surface area contributed by atoms with E-state index in [1.165, 1.54) is 5.56 Å². The van der Waals surface area contributed by atoms with E-state index in [-0.39, 0.29) is 6.61 Å². The van der Waals surface area contributed by atoms with Crippen LogP contribution in [0.2, 0.25) is 0 Å². The summed E-state index contributed by atoms with van der Waals surface area (Å²) in [6, 6.07) is 8.32. The summed E-state index contributed by atoms with van der Waals surface area (Å²) in [4.78, 5) is 4.70. The van der Waals surface area contributed by atoms with Gasteiger partial charge in [-0.2, -0.15) is 0 Å². The quantitative estimate of drug-likeness (QED) is 0.743. The Labute approximate surface area is 129 Å². The van der Waals surface area contributed by atoms with Gasteiger partial charge >= 0.3 is 0 Å². The highest BCUT2D eigenvalue weighted by atomic mass is 16.2. The fraction of sp³-hybridized carbons (Fsp3) is 0.556. The molecule has 0 saturated carbocycles. The van der Waals surface area contributed by atoms with Gasteiger partial charge in [0.1, 0.15) is 0 Å². The van der Waals surface area contributed by atoms with Gasteiger partial charge in [-0.15, -0.1) is 0 Å². The average molecular weight is 288 g/mol. The van der Waals surface area contributed by atoms with Crippen molar-refractivity contribution in [2.24, 2.45) is 0 Å². The summed E-state index contributed by atoms with van der Waals surface area (Å²) >= 11 is 0. The van der Waals surface area contributed by atoms with Crippen LogP contribution in [0.1, 0.15) is 30.9 Å². The first kappa shape index (κ1) is 17.7. The molecular weight excluding hydrogens is 260 g/mol. The third-order valence-corrected chi connectivity index (χ3v) is 3.27. The normalized spacial score (nSPS) is 10.8. The Balaban J connectivity index is 2.76. The van der Waals surface area contributed by atoms with Gasteiger partial charge in [0.2, 0.25) is 0 Å². The standard InChI is InChI=1S/C18H28N2O/c1-4-12-20(14-13-19(2)3)16-18-11-6-5-9-17(18)10-7-8-15-21/h5-6,9,11,21H,4,8,12-16H2,1-3H3. The van der Waals surface area contributed by atoms with Crippen molar-refractivity contribution in [3.63, 3.8) is 0 Å². The van der Waals surface area contributed by atoms with Crippen LogP contribution in [-0.2, 0) is 6.54 Å². The van der Waals surface area contributed by atoms with Crippen molar-refractivity contribution in [2.45, 2.75) is 26.3 Å². The largest absolute Gasteiger partial charge is 0.395 e. The third kappa shape index (κ3) is 7.29. The Hall–Kier alpha value is -1.34. The molecule has 0 aliphatic carbocycles. The van der Waals surface area contributed by atoms with Gasteiger partial charge in [-0.3, -0.25) is 4.90 Å². The van der Waals surface area contributed by atoms with Crippen molar-refractivity contribution < 1.29 is 5.11 Å². The molecule has 0 saturated heterocycles. The first-order valence-electron chi connectivity index (χ1n) is 7.72. The van der Waals surface area contributed by atoms with E-state index in [0.717, 1.165) is 38.2 Å². The SMILES string of the molecule is CCCN(CCN(C)C)Cc1ccccc1C#CCCO.